The summed E-state index contributed by atoms with van der Waals surface area (Å²) >= 11 is 0. The van der Waals surface area contributed by atoms with Crippen LogP contribution in [0.4, 0.5) is 5.69 Å². The lowest BCUT2D eigenvalue weighted by molar-refractivity contribution is 0.102. The quantitative estimate of drug-likeness (QED) is 0.803. The van der Waals surface area contributed by atoms with E-state index in [1.54, 1.807) is 18.2 Å². The number of anilines is 1. The number of hydrogen-bond donors (Lipinski definition) is 1. The van der Waals surface area contributed by atoms with Crippen molar-refractivity contribution in [3.63, 3.8) is 0 Å². The lowest BCUT2D eigenvalue weighted by Crippen LogP contribution is -2.13. The van der Waals surface area contributed by atoms with E-state index >= 15 is 0 Å². The van der Waals surface area contributed by atoms with Gasteiger partial charge in [-0.1, -0.05) is 30.3 Å². The molecule has 2 heterocycles. The topological polar surface area (TPSA) is 73.6 Å². The fraction of sp³-hybridized carbons (Fsp3) is 0.0588. The number of fused-ring (bicyclic) bond motifs is 1. The van der Waals surface area contributed by atoms with Gasteiger partial charge in [-0.05, 0) is 12.1 Å². The number of nitrogens with one attached hydrogen (secondary N) is 1. The van der Waals surface area contributed by atoms with E-state index in [9.17, 15) is 4.79 Å². The maximum atomic E-state index is 12.5. The Hall–Kier alpha value is -3.28. The molecule has 0 atom stereocenters. The third-order valence-corrected chi connectivity index (χ3v) is 3.45. The van der Waals surface area contributed by atoms with E-state index in [-0.39, 0.29) is 18.4 Å². The lowest BCUT2D eigenvalue weighted by Gasteiger charge is -2.05. The molecule has 0 unspecified atom stereocenters. The Balaban J connectivity index is 1.60. The molecular formula is C17H12N2O4. The Bertz CT molecular complexity index is 858. The summed E-state index contributed by atoms with van der Waals surface area (Å²) in [6.45, 7) is 0.189. The monoisotopic (exact) mass is 308 g/mol. The molecule has 1 amide bonds. The van der Waals surface area contributed by atoms with Gasteiger partial charge in [0.2, 0.25) is 6.79 Å². The summed E-state index contributed by atoms with van der Waals surface area (Å²) in [7, 11) is 0. The van der Waals surface area contributed by atoms with Crippen molar-refractivity contribution in [3.05, 3.63) is 60.6 Å². The molecule has 6 nitrogen and oxygen atoms in total. The molecule has 0 saturated heterocycles. The molecular weight excluding hydrogens is 296 g/mol. The summed E-state index contributed by atoms with van der Waals surface area (Å²) in [5, 5.41) is 2.79. The van der Waals surface area contributed by atoms with Crippen LogP contribution in [0, 0.1) is 0 Å². The zero-order chi connectivity index (χ0) is 15.6. The first-order valence-corrected chi connectivity index (χ1v) is 7.01. The largest absolute Gasteiger partial charge is 0.454 e. The van der Waals surface area contributed by atoms with Crippen LogP contribution in [-0.2, 0) is 0 Å². The second kappa shape index (κ2) is 5.49. The van der Waals surface area contributed by atoms with Crippen LogP contribution in [0.15, 0.2) is 59.3 Å². The van der Waals surface area contributed by atoms with E-state index < -0.39 is 0 Å². The number of ether oxygens (including phenoxy) is 2. The third kappa shape index (κ3) is 2.50. The van der Waals surface area contributed by atoms with E-state index in [2.05, 4.69) is 10.3 Å². The molecule has 23 heavy (non-hydrogen) atoms. The van der Waals surface area contributed by atoms with Gasteiger partial charge in [-0.25, -0.2) is 4.98 Å². The average Bonchev–Trinajstić information content (AvgIpc) is 3.24. The van der Waals surface area contributed by atoms with Crippen LogP contribution >= 0.6 is 0 Å². The molecule has 1 aliphatic heterocycles. The summed E-state index contributed by atoms with van der Waals surface area (Å²) in [5.41, 5.74) is 1.62. The highest BCUT2D eigenvalue weighted by atomic mass is 16.7. The highest BCUT2D eigenvalue weighted by molar-refractivity contribution is 6.06. The maximum Gasteiger partial charge on any atom is 0.278 e. The van der Waals surface area contributed by atoms with E-state index in [0.717, 1.165) is 5.56 Å². The van der Waals surface area contributed by atoms with Gasteiger partial charge in [-0.3, -0.25) is 4.79 Å². The van der Waals surface area contributed by atoms with Gasteiger partial charge in [0, 0.05) is 17.3 Å². The van der Waals surface area contributed by atoms with Gasteiger partial charge in [0.05, 0.1) is 0 Å². The zero-order valence-electron chi connectivity index (χ0n) is 12.0. The molecule has 1 aromatic heterocycles. The number of benzene rings is 2. The predicted octanol–water partition coefficient (Wildman–Crippen LogP) is 3.32. The Kier molecular flexibility index (Phi) is 3.20. The molecule has 114 valence electrons. The molecule has 0 saturated carbocycles. The molecule has 0 radical (unpaired) electrons. The molecule has 0 bridgehead atoms. The number of oxazole rings is 1. The molecule has 4 rings (SSSR count). The molecule has 1 N–H and O–H groups in total. The van der Waals surface area contributed by atoms with Crippen molar-refractivity contribution >= 4 is 11.6 Å². The molecule has 0 spiro atoms. The average molecular weight is 308 g/mol. The second-order valence-electron chi connectivity index (χ2n) is 4.92. The molecule has 0 fully saturated rings. The van der Waals surface area contributed by atoms with E-state index in [1.165, 1.54) is 6.39 Å². The Morgan fingerprint density at radius 2 is 1.87 bits per heavy atom. The predicted molar refractivity (Wildman–Crippen MR) is 82.5 cm³/mol. The van der Waals surface area contributed by atoms with E-state index in [4.69, 9.17) is 13.9 Å². The highest BCUT2D eigenvalue weighted by Crippen LogP contribution is 2.34. The normalized spacial score (nSPS) is 12.2. The van der Waals surface area contributed by atoms with E-state index in [1.807, 2.05) is 30.3 Å². The minimum Gasteiger partial charge on any atom is -0.454 e. The number of nitrogens with zero attached hydrogens (tertiary/aromatic N) is 1. The number of hydrogen-bond acceptors (Lipinski definition) is 5. The molecule has 2 aromatic carbocycles. The Labute approximate surface area is 131 Å². The van der Waals surface area contributed by atoms with Crippen molar-refractivity contribution < 1.29 is 18.7 Å². The van der Waals surface area contributed by atoms with Gasteiger partial charge in [0.15, 0.2) is 29.3 Å². The van der Waals surface area contributed by atoms with Gasteiger partial charge in [-0.15, -0.1) is 0 Å². The van der Waals surface area contributed by atoms with Crippen LogP contribution in [0.1, 0.15) is 10.5 Å². The van der Waals surface area contributed by atoms with E-state index in [0.29, 0.717) is 22.9 Å². The SMILES string of the molecule is O=C(Nc1ccc2c(c1)OCO2)c1ncoc1-c1ccccc1. The fourth-order valence-electron chi connectivity index (χ4n) is 2.37. The van der Waals surface area contributed by atoms with Crippen molar-refractivity contribution in [2.45, 2.75) is 0 Å². The van der Waals surface area contributed by atoms with Crippen LogP contribution in [0.2, 0.25) is 0 Å². The minimum absolute atomic E-state index is 0.189. The number of amides is 1. The second-order valence-corrected chi connectivity index (χ2v) is 4.92. The van der Waals surface area contributed by atoms with Crippen molar-refractivity contribution in [2.75, 3.05) is 12.1 Å². The third-order valence-electron chi connectivity index (χ3n) is 3.45. The zero-order valence-corrected chi connectivity index (χ0v) is 12.0. The summed E-state index contributed by atoms with van der Waals surface area (Å²) < 4.78 is 15.9. The van der Waals surface area contributed by atoms with Crippen molar-refractivity contribution in [3.8, 4) is 22.8 Å². The Morgan fingerprint density at radius 1 is 1.04 bits per heavy atom. The highest BCUT2D eigenvalue weighted by Gasteiger charge is 2.19. The lowest BCUT2D eigenvalue weighted by atomic mass is 10.1. The number of aromatic nitrogens is 1. The first kappa shape index (κ1) is 13.4. The van der Waals surface area contributed by atoms with Gasteiger partial charge in [0.25, 0.3) is 5.91 Å². The summed E-state index contributed by atoms with van der Waals surface area (Å²) in [6.07, 6.45) is 1.26. The first-order chi connectivity index (χ1) is 11.3. The van der Waals surface area contributed by atoms with Crippen LogP contribution in [-0.4, -0.2) is 17.7 Å². The van der Waals surface area contributed by atoms with Gasteiger partial charge in [-0.2, -0.15) is 0 Å². The van der Waals surface area contributed by atoms with Gasteiger partial charge in [0.1, 0.15) is 0 Å². The van der Waals surface area contributed by atoms with Crippen molar-refractivity contribution in [1.29, 1.82) is 0 Å². The molecule has 3 aromatic rings. The maximum absolute atomic E-state index is 12.5. The van der Waals surface area contributed by atoms with Crippen LogP contribution < -0.4 is 14.8 Å². The van der Waals surface area contributed by atoms with Crippen LogP contribution in [0.3, 0.4) is 0 Å². The molecule has 0 aliphatic carbocycles. The first-order valence-electron chi connectivity index (χ1n) is 7.01. The molecule has 1 aliphatic rings. The minimum atomic E-state index is -0.350. The number of carbonyl (C=O) groups is 1. The van der Waals surface area contributed by atoms with Crippen LogP contribution in [0.25, 0.3) is 11.3 Å². The van der Waals surface area contributed by atoms with Crippen molar-refractivity contribution in [1.82, 2.24) is 4.98 Å². The number of rotatable bonds is 3. The van der Waals surface area contributed by atoms with Crippen LogP contribution in [0.5, 0.6) is 11.5 Å². The Morgan fingerprint density at radius 3 is 2.74 bits per heavy atom. The fourth-order valence-corrected chi connectivity index (χ4v) is 2.37. The summed E-state index contributed by atoms with van der Waals surface area (Å²) in [5.74, 6) is 1.35. The molecule has 6 heteroatoms. The van der Waals surface area contributed by atoms with Gasteiger partial charge < -0.3 is 19.2 Å². The number of carbonyl (C=O) groups excluding carboxylic acids is 1. The summed E-state index contributed by atoms with van der Waals surface area (Å²) in [4.78, 5) is 16.5. The van der Waals surface area contributed by atoms with Gasteiger partial charge >= 0.3 is 0 Å². The summed E-state index contributed by atoms with van der Waals surface area (Å²) in [6, 6.07) is 14.6. The smallest absolute Gasteiger partial charge is 0.278 e. The van der Waals surface area contributed by atoms with Crippen molar-refractivity contribution in [2.24, 2.45) is 0 Å². The standard InChI is InChI=1S/C17H12N2O4/c20-17(19-12-6-7-13-14(8-12)23-10-22-13)15-16(21-9-18-15)11-4-2-1-3-5-11/h1-9H,10H2,(H,19,20).